The molecule has 0 bridgehead atoms. The van der Waals surface area contributed by atoms with Gasteiger partial charge in [-0.15, -0.1) is 0 Å². The first kappa shape index (κ1) is 18.7. The minimum atomic E-state index is -0.0288. The Morgan fingerprint density at radius 1 is 1.00 bits per heavy atom. The first-order chi connectivity index (χ1) is 12.0. The molecule has 2 rings (SSSR count). The molecule has 0 saturated carbocycles. The molecule has 25 heavy (non-hydrogen) atoms. The molecule has 0 spiro atoms. The van der Waals surface area contributed by atoms with Crippen molar-refractivity contribution in [1.29, 1.82) is 0 Å². The summed E-state index contributed by atoms with van der Waals surface area (Å²) in [7, 11) is 0. The first-order valence-corrected chi connectivity index (χ1v) is 8.83. The third kappa shape index (κ3) is 5.18. The van der Waals surface area contributed by atoms with E-state index in [0.717, 1.165) is 24.1 Å². The number of carbonyl (C=O) groups is 2. The van der Waals surface area contributed by atoms with Crippen molar-refractivity contribution in [1.82, 2.24) is 0 Å². The van der Waals surface area contributed by atoms with E-state index < -0.39 is 0 Å². The molecule has 0 heterocycles. The summed E-state index contributed by atoms with van der Waals surface area (Å²) >= 11 is 0. The van der Waals surface area contributed by atoms with Crippen LogP contribution in [0.1, 0.15) is 49.0 Å². The zero-order valence-corrected chi connectivity index (χ0v) is 15.2. The van der Waals surface area contributed by atoms with Gasteiger partial charge >= 0.3 is 0 Å². The maximum Gasteiger partial charge on any atom is 0.258 e. The Hall–Kier alpha value is -2.62. The van der Waals surface area contributed by atoms with E-state index >= 15 is 0 Å². The van der Waals surface area contributed by atoms with E-state index in [2.05, 4.69) is 12.2 Å². The minimum absolute atomic E-state index is 0.00560. The highest BCUT2D eigenvalue weighted by Gasteiger charge is 2.17. The molecule has 0 fully saturated rings. The van der Waals surface area contributed by atoms with Crippen LogP contribution in [0.5, 0.6) is 0 Å². The van der Waals surface area contributed by atoms with E-state index in [1.54, 1.807) is 29.2 Å². The molecule has 0 aliphatic rings. The molecule has 4 nitrogen and oxygen atoms in total. The van der Waals surface area contributed by atoms with Crippen molar-refractivity contribution in [2.75, 3.05) is 16.8 Å². The quantitative estimate of drug-likeness (QED) is 0.789. The van der Waals surface area contributed by atoms with Crippen LogP contribution in [0.15, 0.2) is 48.5 Å². The lowest BCUT2D eigenvalue weighted by molar-refractivity contribution is -0.116. The van der Waals surface area contributed by atoms with Crippen LogP contribution in [0.25, 0.3) is 0 Å². The van der Waals surface area contributed by atoms with Crippen molar-refractivity contribution < 1.29 is 9.59 Å². The first-order valence-electron chi connectivity index (χ1n) is 8.83. The molecule has 0 atom stereocenters. The van der Waals surface area contributed by atoms with E-state index in [4.69, 9.17) is 0 Å². The molecule has 0 unspecified atom stereocenters. The van der Waals surface area contributed by atoms with Crippen LogP contribution in [0.3, 0.4) is 0 Å². The van der Waals surface area contributed by atoms with Crippen LogP contribution in [-0.4, -0.2) is 18.4 Å². The third-order valence-electron chi connectivity index (χ3n) is 3.90. The smallest absolute Gasteiger partial charge is 0.258 e. The van der Waals surface area contributed by atoms with Crippen molar-refractivity contribution in [3.05, 3.63) is 59.7 Å². The van der Waals surface area contributed by atoms with Crippen molar-refractivity contribution in [2.24, 2.45) is 0 Å². The van der Waals surface area contributed by atoms with Crippen molar-refractivity contribution in [2.45, 2.75) is 40.0 Å². The second kappa shape index (κ2) is 9.02. The zero-order valence-electron chi connectivity index (χ0n) is 15.2. The minimum Gasteiger partial charge on any atom is -0.326 e. The molecule has 0 radical (unpaired) electrons. The van der Waals surface area contributed by atoms with Gasteiger partial charge in [0.1, 0.15) is 0 Å². The molecule has 2 aromatic rings. The highest BCUT2D eigenvalue weighted by atomic mass is 16.2. The lowest BCUT2D eigenvalue weighted by Crippen LogP contribution is -2.31. The molecule has 1 N–H and O–H groups in total. The predicted octanol–water partition coefficient (Wildman–Crippen LogP) is 4.79. The second-order valence-corrected chi connectivity index (χ2v) is 6.17. The maximum atomic E-state index is 12.9. The van der Waals surface area contributed by atoms with E-state index in [9.17, 15) is 9.59 Å². The Bertz CT molecular complexity index is 723. The van der Waals surface area contributed by atoms with Gasteiger partial charge in [-0.1, -0.05) is 26.0 Å². The number of rotatable bonds is 7. The molecule has 0 aromatic heterocycles. The molecular formula is C21H26N2O2. The molecule has 2 amide bonds. The summed E-state index contributed by atoms with van der Waals surface area (Å²) in [4.78, 5) is 26.4. The van der Waals surface area contributed by atoms with Gasteiger partial charge in [0.2, 0.25) is 5.91 Å². The monoisotopic (exact) mass is 338 g/mol. The van der Waals surface area contributed by atoms with Gasteiger partial charge in [-0.3, -0.25) is 9.59 Å². The maximum absolute atomic E-state index is 12.9. The van der Waals surface area contributed by atoms with Gasteiger partial charge in [-0.05, 0) is 61.7 Å². The van der Waals surface area contributed by atoms with Gasteiger partial charge in [0, 0.05) is 29.9 Å². The molecule has 2 aromatic carbocycles. The highest BCUT2D eigenvalue weighted by Crippen LogP contribution is 2.20. The number of carbonyl (C=O) groups excluding carboxylic acids is 2. The number of aryl methyl sites for hydroxylation is 1. The van der Waals surface area contributed by atoms with Gasteiger partial charge in [0.05, 0.1) is 0 Å². The van der Waals surface area contributed by atoms with Crippen molar-refractivity contribution in [3.8, 4) is 0 Å². The fourth-order valence-electron chi connectivity index (χ4n) is 2.67. The Kier molecular flexibility index (Phi) is 6.75. The van der Waals surface area contributed by atoms with Crippen LogP contribution in [0.4, 0.5) is 11.4 Å². The summed E-state index contributed by atoms with van der Waals surface area (Å²) in [5, 5.41) is 2.84. The normalized spacial score (nSPS) is 10.4. The summed E-state index contributed by atoms with van der Waals surface area (Å²) in [6.45, 7) is 6.71. The SMILES string of the molecule is CCCC(=O)Nc1ccc(C(=O)N(CCC)c2cccc(C)c2)cc1. The number of benzene rings is 2. The van der Waals surface area contributed by atoms with Crippen LogP contribution in [0.2, 0.25) is 0 Å². The fraction of sp³-hybridized carbons (Fsp3) is 0.333. The summed E-state index contributed by atoms with van der Waals surface area (Å²) in [5.74, 6) is -0.0344. The lowest BCUT2D eigenvalue weighted by Gasteiger charge is -2.23. The van der Waals surface area contributed by atoms with E-state index in [1.165, 1.54) is 0 Å². The van der Waals surface area contributed by atoms with E-state index in [1.807, 2.05) is 38.1 Å². The molecule has 0 saturated heterocycles. The Morgan fingerprint density at radius 3 is 2.32 bits per heavy atom. The van der Waals surface area contributed by atoms with Gasteiger partial charge in [-0.25, -0.2) is 0 Å². The zero-order chi connectivity index (χ0) is 18.2. The highest BCUT2D eigenvalue weighted by molar-refractivity contribution is 6.06. The topological polar surface area (TPSA) is 49.4 Å². The Labute approximate surface area is 149 Å². The number of anilines is 2. The number of hydrogen-bond acceptors (Lipinski definition) is 2. The second-order valence-electron chi connectivity index (χ2n) is 6.17. The standard InChI is InChI=1S/C21H26N2O2/c1-4-7-20(24)22-18-12-10-17(11-13-18)21(25)23(14-5-2)19-9-6-8-16(3)15-19/h6,8-13,15H,4-5,7,14H2,1-3H3,(H,22,24). The number of nitrogens with one attached hydrogen (secondary N) is 1. The average Bonchev–Trinajstić information content (AvgIpc) is 2.60. The summed E-state index contributed by atoms with van der Waals surface area (Å²) in [5.41, 5.74) is 3.36. The summed E-state index contributed by atoms with van der Waals surface area (Å²) < 4.78 is 0. The molecule has 0 aliphatic heterocycles. The predicted molar refractivity (Wildman–Crippen MR) is 103 cm³/mol. The fourth-order valence-corrected chi connectivity index (χ4v) is 2.67. The van der Waals surface area contributed by atoms with Gasteiger partial charge < -0.3 is 10.2 Å². The van der Waals surface area contributed by atoms with Crippen LogP contribution in [0, 0.1) is 6.92 Å². The molecule has 4 heteroatoms. The number of amides is 2. The largest absolute Gasteiger partial charge is 0.326 e. The molecule has 0 aliphatic carbocycles. The van der Waals surface area contributed by atoms with Gasteiger partial charge in [0.15, 0.2) is 0 Å². The average molecular weight is 338 g/mol. The van der Waals surface area contributed by atoms with Crippen molar-refractivity contribution >= 4 is 23.2 Å². The number of nitrogens with zero attached hydrogens (tertiary/aromatic N) is 1. The summed E-state index contributed by atoms with van der Waals surface area (Å²) in [6.07, 6.45) is 2.19. The van der Waals surface area contributed by atoms with Crippen molar-refractivity contribution in [3.63, 3.8) is 0 Å². The summed E-state index contributed by atoms with van der Waals surface area (Å²) in [6, 6.07) is 15.1. The lowest BCUT2D eigenvalue weighted by atomic mass is 10.1. The molecule has 132 valence electrons. The molecular weight excluding hydrogens is 312 g/mol. The van der Waals surface area contributed by atoms with E-state index in [0.29, 0.717) is 24.2 Å². The Balaban J connectivity index is 2.17. The number of hydrogen-bond donors (Lipinski definition) is 1. The van der Waals surface area contributed by atoms with Crippen LogP contribution in [-0.2, 0) is 4.79 Å². The van der Waals surface area contributed by atoms with Gasteiger partial charge in [-0.2, -0.15) is 0 Å². The third-order valence-corrected chi connectivity index (χ3v) is 3.90. The van der Waals surface area contributed by atoms with E-state index in [-0.39, 0.29) is 11.8 Å². The van der Waals surface area contributed by atoms with Gasteiger partial charge in [0.25, 0.3) is 5.91 Å². The van der Waals surface area contributed by atoms with Crippen LogP contribution >= 0.6 is 0 Å². The van der Waals surface area contributed by atoms with Crippen LogP contribution < -0.4 is 10.2 Å². The Morgan fingerprint density at radius 2 is 1.72 bits per heavy atom.